The van der Waals surface area contributed by atoms with Crippen LogP contribution < -0.4 is 5.32 Å². The van der Waals surface area contributed by atoms with Gasteiger partial charge in [0, 0.05) is 12.8 Å². The van der Waals surface area contributed by atoms with Crippen molar-refractivity contribution in [2.75, 3.05) is 13.1 Å². The van der Waals surface area contributed by atoms with Gasteiger partial charge in [-0.25, -0.2) is 4.39 Å². The Bertz CT molecular complexity index is 752. The number of rotatable bonds is 15. The first-order valence-corrected chi connectivity index (χ1v) is 11.7. The molecule has 172 valence electrons. The van der Waals surface area contributed by atoms with E-state index < -0.39 is 5.67 Å². The number of nitrogens with one attached hydrogen (secondary N) is 2. The van der Waals surface area contributed by atoms with Crippen molar-refractivity contribution in [2.24, 2.45) is 11.8 Å². The highest BCUT2D eigenvalue weighted by molar-refractivity contribution is 5.80. The minimum atomic E-state index is -1.45. The van der Waals surface area contributed by atoms with E-state index in [0.717, 1.165) is 37.9 Å². The third-order valence-corrected chi connectivity index (χ3v) is 6.27. The second-order valence-corrected chi connectivity index (χ2v) is 8.93. The maximum absolute atomic E-state index is 15.0. The van der Waals surface area contributed by atoms with Gasteiger partial charge in [-0.1, -0.05) is 51.6 Å². The van der Waals surface area contributed by atoms with Gasteiger partial charge in [-0.05, 0) is 98.2 Å². The fraction of sp³-hybridized carbons (Fsp3) is 0.536. The minimum absolute atomic E-state index is 0.260. The summed E-state index contributed by atoms with van der Waals surface area (Å²) in [5.74, 6) is 0.920. The average molecular weight is 427 g/mol. The van der Waals surface area contributed by atoms with Crippen molar-refractivity contribution in [1.82, 2.24) is 5.32 Å². The molecule has 0 saturated carbocycles. The van der Waals surface area contributed by atoms with E-state index in [1.165, 1.54) is 29.0 Å². The first kappa shape index (κ1) is 27.0. The van der Waals surface area contributed by atoms with Crippen LogP contribution >= 0.6 is 0 Å². The lowest BCUT2D eigenvalue weighted by Crippen LogP contribution is -2.28. The molecule has 3 heteroatoms. The number of aryl methyl sites for hydroxylation is 1. The zero-order valence-corrected chi connectivity index (χ0v) is 20.3. The zero-order chi connectivity index (χ0) is 23.4. The molecule has 0 aliphatic heterocycles. The van der Waals surface area contributed by atoms with Crippen LogP contribution in [-0.2, 0) is 6.42 Å². The van der Waals surface area contributed by atoms with Crippen LogP contribution in [0, 0.1) is 24.2 Å². The van der Waals surface area contributed by atoms with E-state index >= 15 is 4.39 Å². The standard InChI is InChI=1S/C28H43FN2/c1-8-13-28(29,11-4)14-12-22(6)27(20-31-15-9-2)26-18-25(19-30)24(17-23(26)7)16-21(5)10-3/h8,10-11,13,17-19,21-22,27,30-31H,3-4,9,12,14-16,20H2,1-2,5-7H3/b13-8+,30-19?. The van der Waals surface area contributed by atoms with Gasteiger partial charge in [0.2, 0.25) is 0 Å². The lowest BCUT2D eigenvalue weighted by Gasteiger charge is -2.29. The third kappa shape index (κ3) is 8.22. The van der Waals surface area contributed by atoms with Crippen LogP contribution in [-0.4, -0.2) is 25.0 Å². The number of alkyl halides is 1. The number of halogens is 1. The highest BCUT2D eigenvalue weighted by Gasteiger charge is 2.27. The number of allylic oxidation sites excluding steroid dienone is 4. The molecule has 0 aliphatic carbocycles. The monoisotopic (exact) mass is 426 g/mol. The summed E-state index contributed by atoms with van der Waals surface area (Å²) >= 11 is 0. The van der Waals surface area contributed by atoms with Gasteiger partial charge in [-0.15, -0.1) is 6.58 Å². The van der Waals surface area contributed by atoms with Gasteiger partial charge < -0.3 is 10.7 Å². The van der Waals surface area contributed by atoms with E-state index in [0.29, 0.717) is 18.3 Å². The van der Waals surface area contributed by atoms with Crippen LogP contribution in [0.4, 0.5) is 4.39 Å². The van der Waals surface area contributed by atoms with Crippen LogP contribution in [0.5, 0.6) is 0 Å². The van der Waals surface area contributed by atoms with Gasteiger partial charge in [0.25, 0.3) is 0 Å². The minimum Gasteiger partial charge on any atom is -0.316 e. The Morgan fingerprint density at radius 3 is 2.52 bits per heavy atom. The van der Waals surface area contributed by atoms with Gasteiger partial charge in [0.1, 0.15) is 5.67 Å². The highest BCUT2D eigenvalue weighted by Crippen LogP contribution is 2.34. The Labute approximate surface area is 190 Å². The van der Waals surface area contributed by atoms with E-state index in [9.17, 15) is 0 Å². The molecule has 4 unspecified atom stereocenters. The molecule has 1 aromatic rings. The van der Waals surface area contributed by atoms with Crippen molar-refractivity contribution < 1.29 is 4.39 Å². The molecule has 4 atom stereocenters. The van der Waals surface area contributed by atoms with E-state index in [1.54, 1.807) is 12.2 Å². The van der Waals surface area contributed by atoms with Gasteiger partial charge in [0.05, 0.1) is 0 Å². The summed E-state index contributed by atoms with van der Waals surface area (Å²) in [5, 5.41) is 11.5. The molecule has 0 aromatic heterocycles. The molecule has 1 aromatic carbocycles. The Morgan fingerprint density at radius 2 is 1.97 bits per heavy atom. The summed E-state index contributed by atoms with van der Waals surface area (Å²) in [6.07, 6.45) is 11.4. The quantitative estimate of drug-likeness (QED) is 0.172. The fourth-order valence-electron chi connectivity index (χ4n) is 4.18. The van der Waals surface area contributed by atoms with Crippen molar-refractivity contribution >= 4 is 6.21 Å². The third-order valence-electron chi connectivity index (χ3n) is 6.27. The summed E-state index contributed by atoms with van der Waals surface area (Å²) in [4.78, 5) is 0. The van der Waals surface area contributed by atoms with Crippen LogP contribution in [0.25, 0.3) is 0 Å². The van der Waals surface area contributed by atoms with Crippen molar-refractivity contribution in [2.45, 2.75) is 71.9 Å². The molecule has 0 spiro atoms. The van der Waals surface area contributed by atoms with Crippen molar-refractivity contribution in [1.29, 1.82) is 5.41 Å². The summed E-state index contributed by atoms with van der Waals surface area (Å²) < 4.78 is 15.0. The van der Waals surface area contributed by atoms with Crippen molar-refractivity contribution in [3.63, 3.8) is 0 Å². The second-order valence-electron chi connectivity index (χ2n) is 8.93. The molecule has 0 amide bonds. The van der Waals surface area contributed by atoms with Gasteiger partial charge in [-0.3, -0.25) is 0 Å². The number of hydrogen-bond donors (Lipinski definition) is 2. The Hall–Kier alpha value is -2.00. The molecule has 0 saturated heterocycles. The molecule has 0 bridgehead atoms. The fourth-order valence-corrected chi connectivity index (χ4v) is 4.18. The summed E-state index contributed by atoms with van der Waals surface area (Å²) in [6, 6.07) is 4.42. The Kier molecular flexibility index (Phi) is 11.7. The molecular formula is C28H43FN2. The molecular weight excluding hydrogens is 383 g/mol. The predicted molar refractivity (Wildman–Crippen MR) is 135 cm³/mol. The number of hydrogen-bond acceptors (Lipinski definition) is 2. The smallest absolute Gasteiger partial charge is 0.147 e. The summed E-state index contributed by atoms with van der Waals surface area (Å²) in [6.45, 7) is 20.0. The van der Waals surface area contributed by atoms with E-state index in [1.807, 2.05) is 13.0 Å². The molecule has 0 aliphatic rings. The first-order valence-electron chi connectivity index (χ1n) is 11.7. The molecule has 31 heavy (non-hydrogen) atoms. The van der Waals surface area contributed by atoms with Crippen LogP contribution in [0.15, 0.2) is 49.6 Å². The van der Waals surface area contributed by atoms with Crippen LogP contribution in [0.2, 0.25) is 0 Å². The second kappa shape index (κ2) is 13.4. The normalized spacial score (nSPS) is 16.5. The predicted octanol–water partition coefficient (Wildman–Crippen LogP) is 7.33. The topological polar surface area (TPSA) is 35.9 Å². The largest absolute Gasteiger partial charge is 0.316 e. The molecule has 2 nitrogen and oxygen atoms in total. The summed E-state index contributed by atoms with van der Waals surface area (Å²) in [5.41, 5.74) is 3.22. The number of benzene rings is 1. The molecule has 1 rings (SSSR count). The molecule has 2 N–H and O–H groups in total. The Balaban J connectivity index is 3.23. The lowest BCUT2D eigenvalue weighted by molar-refractivity contribution is 0.249. The maximum atomic E-state index is 15.0. The van der Waals surface area contributed by atoms with E-state index in [4.69, 9.17) is 5.41 Å². The molecule has 0 heterocycles. The molecule has 0 radical (unpaired) electrons. The maximum Gasteiger partial charge on any atom is 0.147 e. The summed E-state index contributed by atoms with van der Waals surface area (Å²) in [7, 11) is 0. The van der Waals surface area contributed by atoms with Gasteiger partial charge in [0.15, 0.2) is 0 Å². The van der Waals surface area contributed by atoms with E-state index in [2.05, 4.69) is 58.3 Å². The van der Waals surface area contributed by atoms with Crippen molar-refractivity contribution in [3.8, 4) is 0 Å². The average Bonchev–Trinajstić information content (AvgIpc) is 2.76. The van der Waals surface area contributed by atoms with Crippen molar-refractivity contribution in [3.05, 3.63) is 71.8 Å². The molecule has 0 fully saturated rings. The van der Waals surface area contributed by atoms with Crippen LogP contribution in [0.3, 0.4) is 0 Å². The SMILES string of the molecule is C=CC(C)Cc1cc(C)c(C(CNCCC)C(C)CCC(F)(C=C)/C=C/C)cc1C=N. The van der Waals surface area contributed by atoms with Gasteiger partial charge >= 0.3 is 0 Å². The van der Waals surface area contributed by atoms with E-state index in [-0.39, 0.29) is 5.92 Å². The lowest BCUT2D eigenvalue weighted by atomic mass is 9.79. The highest BCUT2D eigenvalue weighted by atomic mass is 19.1. The Morgan fingerprint density at radius 1 is 1.26 bits per heavy atom. The van der Waals surface area contributed by atoms with Crippen LogP contribution in [0.1, 0.15) is 75.1 Å². The first-order chi connectivity index (χ1) is 14.7. The zero-order valence-electron chi connectivity index (χ0n) is 20.3. The van der Waals surface area contributed by atoms with Gasteiger partial charge in [-0.2, -0.15) is 0 Å².